The van der Waals surface area contributed by atoms with Gasteiger partial charge < -0.3 is 10.1 Å². The number of aromatic nitrogens is 1. The first kappa shape index (κ1) is 14.5. The van der Waals surface area contributed by atoms with Gasteiger partial charge in [0, 0.05) is 36.7 Å². The van der Waals surface area contributed by atoms with Crippen molar-refractivity contribution in [3.8, 4) is 0 Å². The molecule has 2 aromatic rings. The highest BCUT2D eigenvalue weighted by molar-refractivity contribution is 6.30. The van der Waals surface area contributed by atoms with Crippen molar-refractivity contribution < 1.29 is 4.74 Å². The highest BCUT2D eigenvalue weighted by Crippen LogP contribution is 2.25. The van der Waals surface area contributed by atoms with Crippen LogP contribution in [0.15, 0.2) is 48.8 Å². The van der Waals surface area contributed by atoms with E-state index in [1.54, 1.807) is 6.20 Å². The van der Waals surface area contributed by atoms with Gasteiger partial charge in [-0.2, -0.15) is 0 Å². The van der Waals surface area contributed by atoms with Crippen LogP contribution in [0.25, 0.3) is 0 Å². The molecule has 0 bridgehead atoms. The summed E-state index contributed by atoms with van der Waals surface area (Å²) in [6.07, 6.45) is 5.82. The standard InChI is InChI=1S/C17H19ClN2O/c18-15-5-3-13(4-6-15)17(14-2-1-9-19-12-14)20-16-7-10-21-11-8-16/h1-6,9,12,16-17,20H,7-8,10-11H2/t17-/m0/s1. The largest absolute Gasteiger partial charge is 0.381 e. The van der Waals surface area contributed by atoms with Gasteiger partial charge in [-0.15, -0.1) is 0 Å². The molecule has 2 heterocycles. The summed E-state index contributed by atoms with van der Waals surface area (Å²) in [7, 11) is 0. The zero-order valence-electron chi connectivity index (χ0n) is 11.8. The number of benzene rings is 1. The Bertz CT molecular complexity index is 553. The van der Waals surface area contributed by atoms with Crippen molar-refractivity contribution in [2.75, 3.05) is 13.2 Å². The van der Waals surface area contributed by atoms with Gasteiger partial charge in [-0.1, -0.05) is 29.8 Å². The maximum Gasteiger partial charge on any atom is 0.0594 e. The number of nitrogens with zero attached hydrogens (tertiary/aromatic N) is 1. The SMILES string of the molecule is Clc1ccc([C@H](NC2CCOCC2)c2cccnc2)cc1. The molecule has 110 valence electrons. The smallest absolute Gasteiger partial charge is 0.0594 e. The molecule has 1 aromatic carbocycles. The molecular weight excluding hydrogens is 284 g/mol. The van der Waals surface area contributed by atoms with E-state index in [2.05, 4.69) is 28.5 Å². The molecule has 0 amide bonds. The minimum absolute atomic E-state index is 0.138. The second kappa shape index (κ2) is 7.03. The van der Waals surface area contributed by atoms with Crippen molar-refractivity contribution in [1.29, 1.82) is 0 Å². The van der Waals surface area contributed by atoms with E-state index in [0.717, 1.165) is 31.1 Å². The Morgan fingerprint density at radius 1 is 1.10 bits per heavy atom. The van der Waals surface area contributed by atoms with Crippen molar-refractivity contribution in [2.24, 2.45) is 0 Å². The molecule has 1 aliphatic heterocycles. The monoisotopic (exact) mass is 302 g/mol. The predicted octanol–water partition coefficient (Wildman–Crippen LogP) is 3.59. The first-order valence-electron chi connectivity index (χ1n) is 7.32. The van der Waals surface area contributed by atoms with E-state index < -0.39 is 0 Å². The van der Waals surface area contributed by atoms with Crippen LogP contribution in [0.4, 0.5) is 0 Å². The van der Waals surface area contributed by atoms with Crippen LogP contribution in [-0.2, 0) is 4.74 Å². The molecule has 1 atom stereocenters. The van der Waals surface area contributed by atoms with Gasteiger partial charge >= 0.3 is 0 Å². The van der Waals surface area contributed by atoms with Gasteiger partial charge in [0.15, 0.2) is 0 Å². The number of ether oxygens (including phenoxy) is 1. The van der Waals surface area contributed by atoms with Crippen molar-refractivity contribution in [3.05, 3.63) is 64.9 Å². The molecular formula is C17H19ClN2O. The van der Waals surface area contributed by atoms with Gasteiger partial charge in [-0.25, -0.2) is 0 Å². The molecule has 1 saturated heterocycles. The number of hydrogen-bond acceptors (Lipinski definition) is 3. The Balaban J connectivity index is 1.85. The Kier molecular flexibility index (Phi) is 4.86. The summed E-state index contributed by atoms with van der Waals surface area (Å²) in [5, 5.41) is 4.50. The van der Waals surface area contributed by atoms with Crippen LogP contribution in [0.2, 0.25) is 5.02 Å². The molecule has 0 radical (unpaired) electrons. The third-order valence-corrected chi connectivity index (χ3v) is 4.10. The zero-order valence-corrected chi connectivity index (χ0v) is 12.6. The van der Waals surface area contributed by atoms with Crippen LogP contribution in [0.5, 0.6) is 0 Å². The van der Waals surface area contributed by atoms with E-state index in [-0.39, 0.29) is 6.04 Å². The molecule has 3 nitrogen and oxygen atoms in total. The third-order valence-electron chi connectivity index (χ3n) is 3.84. The topological polar surface area (TPSA) is 34.1 Å². The van der Waals surface area contributed by atoms with E-state index in [1.165, 1.54) is 11.1 Å². The Morgan fingerprint density at radius 2 is 1.86 bits per heavy atom. The normalized spacial score (nSPS) is 17.6. The fourth-order valence-corrected chi connectivity index (χ4v) is 2.81. The van der Waals surface area contributed by atoms with E-state index in [0.29, 0.717) is 6.04 Å². The third kappa shape index (κ3) is 3.82. The highest BCUT2D eigenvalue weighted by Gasteiger charge is 2.21. The summed E-state index contributed by atoms with van der Waals surface area (Å²) in [4.78, 5) is 4.25. The molecule has 0 aliphatic carbocycles. The van der Waals surface area contributed by atoms with Crippen molar-refractivity contribution in [3.63, 3.8) is 0 Å². The van der Waals surface area contributed by atoms with Gasteiger partial charge in [-0.3, -0.25) is 4.98 Å². The number of pyridine rings is 1. The molecule has 1 aromatic heterocycles. The number of nitrogens with one attached hydrogen (secondary N) is 1. The predicted molar refractivity (Wildman–Crippen MR) is 84.5 cm³/mol. The second-order valence-electron chi connectivity index (χ2n) is 5.32. The highest BCUT2D eigenvalue weighted by atomic mass is 35.5. The van der Waals surface area contributed by atoms with Crippen LogP contribution < -0.4 is 5.32 Å². The van der Waals surface area contributed by atoms with Gasteiger partial charge in [0.2, 0.25) is 0 Å². The van der Waals surface area contributed by atoms with Crippen LogP contribution in [-0.4, -0.2) is 24.2 Å². The van der Waals surface area contributed by atoms with E-state index >= 15 is 0 Å². The Hall–Kier alpha value is -1.42. The lowest BCUT2D eigenvalue weighted by molar-refractivity contribution is 0.0760. The number of halogens is 1. The Labute approximate surface area is 130 Å². The maximum absolute atomic E-state index is 6.00. The first-order chi connectivity index (χ1) is 10.3. The summed E-state index contributed by atoms with van der Waals surface area (Å²) >= 11 is 6.00. The molecule has 21 heavy (non-hydrogen) atoms. The summed E-state index contributed by atoms with van der Waals surface area (Å²) < 4.78 is 5.44. The van der Waals surface area contributed by atoms with E-state index in [9.17, 15) is 0 Å². The maximum atomic E-state index is 6.00. The van der Waals surface area contributed by atoms with Crippen LogP contribution >= 0.6 is 11.6 Å². The fourth-order valence-electron chi connectivity index (χ4n) is 2.69. The lowest BCUT2D eigenvalue weighted by atomic mass is 9.97. The van der Waals surface area contributed by atoms with Crippen molar-refractivity contribution in [1.82, 2.24) is 10.3 Å². The molecule has 0 unspecified atom stereocenters. The van der Waals surface area contributed by atoms with Gasteiger partial charge in [0.05, 0.1) is 6.04 Å². The zero-order chi connectivity index (χ0) is 14.5. The average molecular weight is 303 g/mol. The fraction of sp³-hybridized carbons (Fsp3) is 0.353. The lowest BCUT2D eigenvalue weighted by Gasteiger charge is -2.29. The Morgan fingerprint density at radius 3 is 2.52 bits per heavy atom. The first-order valence-corrected chi connectivity index (χ1v) is 7.70. The number of hydrogen-bond donors (Lipinski definition) is 1. The molecule has 3 rings (SSSR count). The van der Waals surface area contributed by atoms with Crippen molar-refractivity contribution >= 4 is 11.6 Å². The quantitative estimate of drug-likeness (QED) is 0.937. The molecule has 1 N–H and O–H groups in total. The number of rotatable bonds is 4. The molecule has 1 aliphatic rings. The van der Waals surface area contributed by atoms with Gasteiger partial charge in [-0.05, 0) is 42.2 Å². The van der Waals surface area contributed by atoms with E-state index in [1.807, 2.05) is 24.4 Å². The van der Waals surface area contributed by atoms with E-state index in [4.69, 9.17) is 16.3 Å². The van der Waals surface area contributed by atoms with Crippen LogP contribution in [0, 0.1) is 0 Å². The second-order valence-corrected chi connectivity index (χ2v) is 5.76. The van der Waals surface area contributed by atoms with Crippen molar-refractivity contribution in [2.45, 2.75) is 24.9 Å². The van der Waals surface area contributed by atoms with Gasteiger partial charge in [0.25, 0.3) is 0 Å². The lowest BCUT2D eigenvalue weighted by Crippen LogP contribution is -2.37. The summed E-state index contributed by atoms with van der Waals surface area (Å²) in [5.41, 5.74) is 2.38. The molecule has 0 saturated carbocycles. The minimum Gasteiger partial charge on any atom is -0.381 e. The summed E-state index contributed by atoms with van der Waals surface area (Å²) in [6.45, 7) is 1.66. The van der Waals surface area contributed by atoms with Crippen LogP contribution in [0.3, 0.4) is 0 Å². The summed E-state index contributed by atoms with van der Waals surface area (Å²) in [5.74, 6) is 0. The molecule has 0 spiro atoms. The molecule has 4 heteroatoms. The minimum atomic E-state index is 0.138. The average Bonchev–Trinajstić information content (AvgIpc) is 2.55. The summed E-state index contributed by atoms with van der Waals surface area (Å²) in [6, 6.07) is 12.7. The van der Waals surface area contributed by atoms with Gasteiger partial charge in [0.1, 0.15) is 0 Å². The van der Waals surface area contributed by atoms with Crippen LogP contribution in [0.1, 0.15) is 30.0 Å². The molecule has 1 fully saturated rings.